The third-order valence-corrected chi connectivity index (χ3v) is 2.57. The molecule has 0 saturated carbocycles. The summed E-state index contributed by atoms with van der Waals surface area (Å²) in [6, 6.07) is 9.47. The van der Waals surface area contributed by atoms with Gasteiger partial charge >= 0.3 is 5.97 Å². The minimum Gasteiger partial charge on any atom is -0.475 e. The van der Waals surface area contributed by atoms with Crippen molar-refractivity contribution in [1.82, 2.24) is 19.7 Å². The Balaban J connectivity index is 2.19. The highest BCUT2D eigenvalue weighted by atomic mass is 16.4. The molecule has 1 aromatic carbocycles. The number of pyridine rings is 1. The van der Waals surface area contributed by atoms with Gasteiger partial charge in [-0.3, -0.25) is 0 Å². The van der Waals surface area contributed by atoms with Gasteiger partial charge in [-0.25, -0.2) is 14.8 Å². The molecule has 88 valence electrons. The van der Waals surface area contributed by atoms with Gasteiger partial charge in [-0.15, -0.1) is 0 Å². The first-order valence-electron chi connectivity index (χ1n) is 5.24. The number of hydrogen-bond donors (Lipinski definition) is 1. The Morgan fingerprint density at radius 2 is 1.94 bits per heavy atom. The molecule has 0 spiro atoms. The minimum absolute atomic E-state index is 0.155. The van der Waals surface area contributed by atoms with Crippen LogP contribution in [-0.4, -0.2) is 30.8 Å². The summed E-state index contributed by atoms with van der Waals surface area (Å²) >= 11 is 0. The van der Waals surface area contributed by atoms with Crippen LogP contribution in [-0.2, 0) is 0 Å². The van der Waals surface area contributed by atoms with Crippen LogP contribution in [0.3, 0.4) is 0 Å². The van der Waals surface area contributed by atoms with Gasteiger partial charge in [0.25, 0.3) is 0 Å². The molecule has 0 amide bonds. The Kier molecular flexibility index (Phi) is 2.26. The zero-order valence-corrected chi connectivity index (χ0v) is 9.19. The lowest BCUT2D eigenvalue weighted by Crippen LogP contribution is -2.10. The standard InChI is InChI=1S/C12H8N4O2/c17-12(18)11-14-7-15-16(11)10-5-8-3-1-2-4-9(8)6-13-10/h1-7H,(H,17,18). The fraction of sp³-hybridized carbons (Fsp3) is 0. The molecule has 0 aliphatic heterocycles. The van der Waals surface area contributed by atoms with E-state index < -0.39 is 5.97 Å². The molecule has 6 heteroatoms. The Hall–Kier alpha value is -2.76. The maximum Gasteiger partial charge on any atom is 0.374 e. The summed E-state index contributed by atoms with van der Waals surface area (Å²) in [5.41, 5.74) is 0. The molecule has 2 heterocycles. The summed E-state index contributed by atoms with van der Waals surface area (Å²) in [4.78, 5) is 18.8. The third kappa shape index (κ3) is 1.60. The predicted molar refractivity (Wildman–Crippen MR) is 63.6 cm³/mol. The molecule has 0 radical (unpaired) electrons. The number of aromatic carboxylic acids is 1. The smallest absolute Gasteiger partial charge is 0.374 e. The Labute approximate surface area is 102 Å². The Bertz CT molecular complexity index is 736. The largest absolute Gasteiger partial charge is 0.475 e. The van der Waals surface area contributed by atoms with Gasteiger partial charge in [0.1, 0.15) is 6.33 Å². The van der Waals surface area contributed by atoms with E-state index in [0.717, 1.165) is 10.8 Å². The van der Waals surface area contributed by atoms with Crippen LogP contribution in [0, 0.1) is 0 Å². The second-order valence-corrected chi connectivity index (χ2v) is 3.69. The van der Waals surface area contributed by atoms with E-state index in [1.807, 2.05) is 24.3 Å². The van der Waals surface area contributed by atoms with Crippen molar-refractivity contribution >= 4 is 16.7 Å². The first-order valence-corrected chi connectivity index (χ1v) is 5.24. The molecule has 0 aliphatic carbocycles. The van der Waals surface area contributed by atoms with E-state index in [4.69, 9.17) is 5.11 Å². The molecule has 3 rings (SSSR count). The predicted octanol–water partition coefficient (Wildman–Crippen LogP) is 1.51. The maximum atomic E-state index is 11.0. The first-order chi connectivity index (χ1) is 8.75. The number of hydrogen-bond acceptors (Lipinski definition) is 4. The van der Waals surface area contributed by atoms with Gasteiger partial charge in [-0.2, -0.15) is 9.78 Å². The number of carboxylic acid groups (broad SMARTS) is 1. The van der Waals surface area contributed by atoms with Crippen molar-refractivity contribution in [2.24, 2.45) is 0 Å². The molecule has 0 saturated heterocycles. The van der Waals surface area contributed by atoms with Crippen molar-refractivity contribution in [2.45, 2.75) is 0 Å². The van der Waals surface area contributed by atoms with Crippen molar-refractivity contribution in [3.05, 3.63) is 48.7 Å². The molecule has 1 N–H and O–H groups in total. The van der Waals surface area contributed by atoms with Gasteiger partial charge in [0, 0.05) is 11.6 Å². The average molecular weight is 240 g/mol. The highest BCUT2D eigenvalue weighted by molar-refractivity contribution is 5.85. The molecule has 0 atom stereocenters. The van der Waals surface area contributed by atoms with Crippen molar-refractivity contribution in [3.63, 3.8) is 0 Å². The normalized spacial score (nSPS) is 10.7. The zero-order valence-electron chi connectivity index (χ0n) is 9.19. The van der Waals surface area contributed by atoms with Gasteiger partial charge in [0.05, 0.1) is 0 Å². The molecule has 18 heavy (non-hydrogen) atoms. The van der Waals surface area contributed by atoms with Crippen LogP contribution in [0.25, 0.3) is 16.6 Å². The third-order valence-electron chi connectivity index (χ3n) is 2.57. The minimum atomic E-state index is -1.14. The fourth-order valence-corrected chi connectivity index (χ4v) is 1.74. The second kappa shape index (κ2) is 3.92. The van der Waals surface area contributed by atoms with Crippen molar-refractivity contribution in [2.75, 3.05) is 0 Å². The van der Waals surface area contributed by atoms with Crippen LogP contribution in [0.1, 0.15) is 10.6 Å². The number of aromatic nitrogens is 4. The van der Waals surface area contributed by atoms with Gasteiger partial charge in [-0.05, 0) is 11.5 Å². The van der Waals surface area contributed by atoms with E-state index in [9.17, 15) is 4.79 Å². The zero-order chi connectivity index (χ0) is 12.5. The van der Waals surface area contributed by atoms with Crippen LogP contribution in [0.5, 0.6) is 0 Å². The number of benzene rings is 1. The van der Waals surface area contributed by atoms with E-state index in [1.165, 1.54) is 11.0 Å². The summed E-state index contributed by atoms with van der Waals surface area (Å²) in [6.45, 7) is 0. The Morgan fingerprint density at radius 3 is 2.72 bits per heavy atom. The summed E-state index contributed by atoms with van der Waals surface area (Å²) in [6.07, 6.45) is 2.87. The number of carboxylic acids is 1. The summed E-state index contributed by atoms with van der Waals surface area (Å²) in [5.74, 6) is -0.858. The number of carbonyl (C=O) groups is 1. The maximum absolute atomic E-state index is 11.0. The van der Waals surface area contributed by atoms with Crippen molar-refractivity contribution in [3.8, 4) is 5.82 Å². The van der Waals surface area contributed by atoms with E-state index in [2.05, 4.69) is 15.1 Å². The lowest BCUT2D eigenvalue weighted by molar-refractivity contribution is 0.0680. The summed E-state index contributed by atoms with van der Waals surface area (Å²) in [7, 11) is 0. The molecule has 0 bridgehead atoms. The van der Waals surface area contributed by atoms with Gasteiger partial charge in [0.2, 0.25) is 5.82 Å². The van der Waals surface area contributed by atoms with E-state index in [1.54, 1.807) is 12.3 Å². The summed E-state index contributed by atoms with van der Waals surface area (Å²) < 4.78 is 1.20. The van der Waals surface area contributed by atoms with Gasteiger partial charge in [-0.1, -0.05) is 24.3 Å². The van der Waals surface area contributed by atoms with Crippen LogP contribution < -0.4 is 0 Å². The quantitative estimate of drug-likeness (QED) is 0.734. The fourth-order valence-electron chi connectivity index (χ4n) is 1.74. The molecule has 3 aromatic rings. The molecule has 6 nitrogen and oxygen atoms in total. The molecule has 0 fully saturated rings. The van der Waals surface area contributed by atoms with Crippen molar-refractivity contribution in [1.29, 1.82) is 0 Å². The Morgan fingerprint density at radius 1 is 1.17 bits per heavy atom. The number of rotatable bonds is 2. The molecule has 2 aromatic heterocycles. The summed E-state index contributed by atoms with van der Waals surface area (Å²) in [5, 5.41) is 14.8. The van der Waals surface area contributed by atoms with Crippen LogP contribution in [0.15, 0.2) is 42.9 Å². The monoisotopic (exact) mass is 240 g/mol. The number of nitrogens with zero attached hydrogens (tertiary/aromatic N) is 4. The van der Waals surface area contributed by atoms with E-state index >= 15 is 0 Å². The molecular weight excluding hydrogens is 232 g/mol. The molecule has 0 unspecified atom stereocenters. The van der Waals surface area contributed by atoms with Gasteiger partial charge < -0.3 is 5.11 Å². The highest BCUT2D eigenvalue weighted by Gasteiger charge is 2.14. The van der Waals surface area contributed by atoms with Crippen LogP contribution in [0.2, 0.25) is 0 Å². The topological polar surface area (TPSA) is 80.9 Å². The first kappa shape index (κ1) is 10.4. The van der Waals surface area contributed by atoms with E-state index in [0.29, 0.717) is 5.82 Å². The van der Waals surface area contributed by atoms with E-state index in [-0.39, 0.29) is 5.82 Å². The van der Waals surface area contributed by atoms with Gasteiger partial charge in [0.15, 0.2) is 5.82 Å². The second-order valence-electron chi connectivity index (χ2n) is 3.69. The number of fused-ring (bicyclic) bond motifs is 1. The lowest BCUT2D eigenvalue weighted by atomic mass is 10.2. The molecular formula is C12H8N4O2. The van der Waals surface area contributed by atoms with Crippen LogP contribution in [0.4, 0.5) is 0 Å². The highest BCUT2D eigenvalue weighted by Crippen LogP contribution is 2.15. The SMILES string of the molecule is O=C(O)c1ncnn1-c1cc2ccccc2cn1. The molecule has 0 aliphatic rings. The van der Waals surface area contributed by atoms with Crippen LogP contribution >= 0.6 is 0 Å². The van der Waals surface area contributed by atoms with Crippen molar-refractivity contribution < 1.29 is 9.90 Å². The average Bonchev–Trinajstić information content (AvgIpc) is 2.87. The lowest BCUT2D eigenvalue weighted by Gasteiger charge is -2.03.